The summed E-state index contributed by atoms with van der Waals surface area (Å²) in [5, 5.41) is 8.66. The Morgan fingerprint density at radius 2 is 1.29 bits per heavy atom. The fraction of sp³-hybridized carbons (Fsp3) is 0.450. The first-order chi connectivity index (χ1) is 15.2. The Hall–Kier alpha value is -3.31. The number of anilines is 4. The first kappa shape index (κ1) is 19.6. The summed E-state index contributed by atoms with van der Waals surface area (Å²) in [4.78, 5) is 33.8. The molecule has 1 aromatic carbocycles. The smallest absolute Gasteiger partial charge is 0.254 e. The van der Waals surface area contributed by atoms with Crippen LogP contribution in [0.25, 0.3) is 0 Å². The molecule has 0 unspecified atom stereocenters. The molecule has 0 aliphatic carbocycles. The molecule has 3 saturated heterocycles. The van der Waals surface area contributed by atoms with Crippen LogP contribution in [0.15, 0.2) is 30.3 Å². The number of amides is 1. The summed E-state index contributed by atoms with van der Waals surface area (Å²) in [5.41, 5.74) is 0.649. The van der Waals surface area contributed by atoms with E-state index >= 15 is 0 Å². The Morgan fingerprint density at radius 1 is 0.774 bits per heavy atom. The van der Waals surface area contributed by atoms with Gasteiger partial charge in [-0.15, -0.1) is 0 Å². The number of hydrogen-bond acceptors (Lipinski definition) is 9. The molecule has 3 fully saturated rings. The first-order valence-corrected chi connectivity index (χ1v) is 10.4. The normalized spacial score (nSPS) is 20.0. The van der Waals surface area contributed by atoms with Crippen LogP contribution in [0.4, 0.5) is 23.5 Å². The number of hydrogen-bond donors (Lipinski definition) is 1. The summed E-state index contributed by atoms with van der Waals surface area (Å²) in [6.45, 7) is 5.14. The number of carbonyl (C=O) groups is 1. The molecule has 11 nitrogen and oxygen atoms in total. The van der Waals surface area contributed by atoms with Crippen molar-refractivity contribution in [3.05, 3.63) is 30.3 Å². The third kappa shape index (κ3) is 3.89. The molecule has 0 radical (unpaired) electrons. The number of morpholine rings is 2. The Bertz CT molecular complexity index is 924. The highest BCUT2D eigenvalue weighted by molar-refractivity contribution is 6.27. The molecule has 1 aromatic heterocycles. The van der Waals surface area contributed by atoms with E-state index in [-0.39, 0.29) is 18.4 Å². The third-order valence-electron chi connectivity index (χ3n) is 5.45. The second-order valence-corrected chi connectivity index (χ2v) is 7.41. The van der Waals surface area contributed by atoms with Crippen molar-refractivity contribution in [1.29, 1.82) is 5.41 Å². The Balaban J connectivity index is 1.50. The summed E-state index contributed by atoms with van der Waals surface area (Å²) < 4.78 is 10.9. The number of guanidine groups is 1. The number of carbonyl (C=O) groups excluding carboxylic acids is 1. The second-order valence-electron chi connectivity index (χ2n) is 7.41. The molecule has 0 atom stereocenters. The molecule has 4 heterocycles. The molecule has 3 aliphatic rings. The van der Waals surface area contributed by atoms with E-state index in [1.165, 1.54) is 9.80 Å². The van der Waals surface area contributed by atoms with Gasteiger partial charge in [-0.1, -0.05) is 18.2 Å². The van der Waals surface area contributed by atoms with E-state index in [9.17, 15) is 4.79 Å². The summed E-state index contributed by atoms with van der Waals surface area (Å²) in [7, 11) is 0. The summed E-state index contributed by atoms with van der Waals surface area (Å²) in [5.74, 6) is 1.21. The maximum Gasteiger partial charge on any atom is 0.254 e. The number of nitrogens with one attached hydrogen (secondary N) is 1. The number of aromatic nitrogens is 3. The van der Waals surface area contributed by atoms with Crippen LogP contribution in [0, 0.1) is 5.41 Å². The van der Waals surface area contributed by atoms with Crippen molar-refractivity contribution in [1.82, 2.24) is 15.0 Å². The van der Waals surface area contributed by atoms with Crippen molar-refractivity contribution < 1.29 is 14.3 Å². The predicted octanol–water partition coefficient (Wildman–Crippen LogP) is 0.333. The molecule has 5 rings (SSSR count). The maximum absolute atomic E-state index is 12.8. The van der Waals surface area contributed by atoms with Gasteiger partial charge in [0.1, 0.15) is 6.54 Å². The number of rotatable bonds is 4. The van der Waals surface area contributed by atoms with Crippen LogP contribution < -0.4 is 19.6 Å². The minimum Gasteiger partial charge on any atom is -0.378 e. The van der Waals surface area contributed by atoms with E-state index < -0.39 is 0 Å². The largest absolute Gasteiger partial charge is 0.378 e. The van der Waals surface area contributed by atoms with Gasteiger partial charge in [-0.25, -0.2) is 4.90 Å². The number of nitrogens with zero attached hydrogens (tertiary/aromatic N) is 7. The van der Waals surface area contributed by atoms with Crippen LogP contribution in [-0.4, -0.2) is 86.0 Å². The summed E-state index contributed by atoms with van der Waals surface area (Å²) >= 11 is 0. The minimum atomic E-state index is -0.197. The van der Waals surface area contributed by atoms with Crippen molar-refractivity contribution in [2.75, 3.05) is 78.8 Å². The van der Waals surface area contributed by atoms with Crippen LogP contribution in [0.2, 0.25) is 0 Å². The van der Waals surface area contributed by atoms with Crippen molar-refractivity contribution in [3.63, 3.8) is 0 Å². The number of benzene rings is 1. The second kappa shape index (κ2) is 8.44. The monoisotopic (exact) mass is 424 g/mol. The van der Waals surface area contributed by atoms with Crippen molar-refractivity contribution in [2.45, 2.75) is 0 Å². The van der Waals surface area contributed by atoms with Crippen LogP contribution in [-0.2, 0) is 14.3 Å². The van der Waals surface area contributed by atoms with Gasteiger partial charge in [0.25, 0.3) is 5.91 Å². The fourth-order valence-corrected chi connectivity index (χ4v) is 3.80. The molecule has 0 saturated carbocycles. The SMILES string of the molecule is N=C1N(c2nc(N3CCOCC3)nc(N3CCOCC3)n2)CC(=O)N1c1ccccc1. The van der Waals surface area contributed by atoms with E-state index in [1.54, 1.807) is 0 Å². The third-order valence-corrected chi connectivity index (χ3v) is 5.45. The van der Waals surface area contributed by atoms with Crippen LogP contribution in [0.5, 0.6) is 0 Å². The van der Waals surface area contributed by atoms with Crippen molar-refractivity contribution in [2.24, 2.45) is 0 Å². The lowest BCUT2D eigenvalue weighted by Crippen LogP contribution is -2.41. The van der Waals surface area contributed by atoms with Gasteiger partial charge in [0.05, 0.1) is 32.1 Å². The van der Waals surface area contributed by atoms with Crippen LogP contribution in [0.1, 0.15) is 0 Å². The zero-order chi connectivity index (χ0) is 21.2. The highest BCUT2D eigenvalue weighted by Gasteiger charge is 2.37. The van der Waals surface area contributed by atoms with Crippen molar-refractivity contribution in [3.8, 4) is 0 Å². The molecule has 0 bridgehead atoms. The van der Waals surface area contributed by atoms with E-state index in [0.29, 0.717) is 76.1 Å². The summed E-state index contributed by atoms with van der Waals surface area (Å²) in [6, 6.07) is 9.17. The predicted molar refractivity (Wildman–Crippen MR) is 115 cm³/mol. The Labute approximate surface area is 179 Å². The molecular formula is C20H24N8O3. The van der Waals surface area contributed by atoms with Crippen LogP contribution in [0.3, 0.4) is 0 Å². The maximum atomic E-state index is 12.8. The fourth-order valence-electron chi connectivity index (χ4n) is 3.80. The molecule has 11 heteroatoms. The van der Waals surface area contributed by atoms with Crippen molar-refractivity contribution >= 4 is 35.4 Å². The summed E-state index contributed by atoms with van der Waals surface area (Å²) in [6.07, 6.45) is 0. The standard InChI is InChI=1S/C20H24N8O3/c21-17-27(14-16(29)28(17)15-4-2-1-3-5-15)20-23-18(25-6-10-30-11-7-25)22-19(24-20)26-8-12-31-13-9-26/h1-5,21H,6-14H2. The molecule has 1 amide bonds. The number of ether oxygens (including phenoxy) is 2. The Kier molecular flexibility index (Phi) is 5.35. The lowest BCUT2D eigenvalue weighted by molar-refractivity contribution is -0.115. The van der Waals surface area contributed by atoms with Gasteiger partial charge >= 0.3 is 0 Å². The topological polar surface area (TPSA) is 111 Å². The van der Waals surface area contributed by atoms with Gasteiger partial charge in [0.2, 0.25) is 23.8 Å². The van der Waals surface area contributed by atoms with E-state index in [1.807, 2.05) is 30.3 Å². The average Bonchev–Trinajstić information content (AvgIpc) is 3.14. The molecule has 162 valence electrons. The average molecular weight is 424 g/mol. The van der Waals surface area contributed by atoms with Gasteiger partial charge in [-0.05, 0) is 12.1 Å². The lowest BCUT2D eigenvalue weighted by Gasteiger charge is -2.31. The zero-order valence-electron chi connectivity index (χ0n) is 17.1. The molecular weight excluding hydrogens is 400 g/mol. The molecule has 3 aliphatic heterocycles. The molecule has 0 spiro atoms. The van der Waals surface area contributed by atoms with E-state index in [2.05, 4.69) is 19.8 Å². The highest BCUT2D eigenvalue weighted by atomic mass is 16.5. The first-order valence-electron chi connectivity index (χ1n) is 10.4. The highest BCUT2D eigenvalue weighted by Crippen LogP contribution is 2.26. The van der Waals surface area contributed by atoms with Gasteiger partial charge < -0.3 is 19.3 Å². The van der Waals surface area contributed by atoms with E-state index in [0.717, 1.165) is 0 Å². The zero-order valence-corrected chi connectivity index (χ0v) is 17.1. The van der Waals surface area contributed by atoms with Gasteiger partial charge in [-0.3, -0.25) is 15.1 Å². The van der Waals surface area contributed by atoms with Crippen LogP contribution >= 0.6 is 0 Å². The molecule has 1 N–H and O–H groups in total. The molecule has 31 heavy (non-hydrogen) atoms. The minimum absolute atomic E-state index is 0.00282. The van der Waals surface area contributed by atoms with Gasteiger partial charge in [0, 0.05) is 26.2 Å². The quantitative estimate of drug-likeness (QED) is 0.742. The molecule has 2 aromatic rings. The lowest BCUT2D eigenvalue weighted by atomic mass is 10.3. The van der Waals surface area contributed by atoms with Gasteiger partial charge in [-0.2, -0.15) is 15.0 Å². The van der Waals surface area contributed by atoms with E-state index in [4.69, 9.17) is 19.9 Å². The number of para-hydroxylation sites is 1. The van der Waals surface area contributed by atoms with Gasteiger partial charge in [0.15, 0.2) is 0 Å². The Morgan fingerprint density at radius 3 is 1.84 bits per heavy atom.